The molecule has 0 aliphatic heterocycles. The van der Waals surface area contributed by atoms with E-state index < -0.39 is 0 Å². The number of nitrogens with zero attached hydrogens (tertiary/aromatic N) is 1. The molecule has 0 fully saturated rings. The van der Waals surface area contributed by atoms with Gasteiger partial charge in [-0.1, -0.05) is 66.2 Å². The minimum Gasteiger partial charge on any atom is -0.308 e. The average molecular weight is 331 g/mol. The zero-order chi connectivity index (χ0) is 17.3. The third-order valence-corrected chi connectivity index (χ3v) is 5.56. The number of hydrogen-bond donors (Lipinski definition) is 0. The van der Waals surface area contributed by atoms with E-state index in [1.165, 1.54) is 54.8 Å². The van der Waals surface area contributed by atoms with Crippen molar-refractivity contribution in [3.8, 4) is 11.1 Å². The van der Waals surface area contributed by atoms with Gasteiger partial charge in [0.1, 0.15) is 0 Å². The van der Waals surface area contributed by atoms with Crippen LogP contribution in [-0.2, 0) is 0 Å². The Labute approximate surface area is 151 Å². The molecule has 0 unspecified atom stereocenters. The van der Waals surface area contributed by atoms with Gasteiger partial charge >= 0.3 is 0 Å². The largest absolute Gasteiger partial charge is 0.308 e. The van der Waals surface area contributed by atoms with Crippen LogP contribution in [0.4, 0.5) is 0 Å². The SMILES string of the molecule is Cc1cccc(-c2cc3c4ccccc4n4c5ccccc5c(c2)c34)c1. The molecular formula is C25H17N. The molecule has 0 saturated heterocycles. The predicted molar refractivity (Wildman–Crippen MR) is 111 cm³/mol. The van der Waals surface area contributed by atoms with Crippen molar-refractivity contribution in [1.82, 2.24) is 4.40 Å². The van der Waals surface area contributed by atoms with Crippen molar-refractivity contribution >= 4 is 38.1 Å². The summed E-state index contributed by atoms with van der Waals surface area (Å²) in [6.45, 7) is 2.15. The van der Waals surface area contributed by atoms with Crippen LogP contribution in [-0.4, -0.2) is 4.40 Å². The second-order valence-corrected chi connectivity index (χ2v) is 7.16. The van der Waals surface area contributed by atoms with E-state index in [2.05, 4.69) is 96.3 Å². The molecule has 1 nitrogen and oxygen atoms in total. The van der Waals surface area contributed by atoms with Crippen molar-refractivity contribution in [3.63, 3.8) is 0 Å². The molecule has 0 bridgehead atoms. The minimum atomic E-state index is 1.28. The topological polar surface area (TPSA) is 4.41 Å². The zero-order valence-electron chi connectivity index (χ0n) is 14.5. The lowest BCUT2D eigenvalue weighted by Crippen LogP contribution is -1.80. The van der Waals surface area contributed by atoms with E-state index in [4.69, 9.17) is 0 Å². The lowest BCUT2D eigenvalue weighted by Gasteiger charge is -2.05. The molecule has 2 heterocycles. The Hall–Kier alpha value is -3.32. The van der Waals surface area contributed by atoms with Gasteiger partial charge in [-0.05, 0) is 42.3 Å². The highest BCUT2D eigenvalue weighted by atomic mass is 14.9. The molecule has 1 heteroatoms. The van der Waals surface area contributed by atoms with Crippen molar-refractivity contribution < 1.29 is 0 Å². The van der Waals surface area contributed by atoms with E-state index in [1.807, 2.05) is 0 Å². The number of fused-ring (bicyclic) bond motifs is 6. The number of rotatable bonds is 1. The molecule has 6 aromatic rings. The molecule has 2 aromatic heterocycles. The molecular weight excluding hydrogens is 314 g/mol. The van der Waals surface area contributed by atoms with Crippen molar-refractivity contribution in [2.24, 2.45) is 0 Å². The van der Waals surface area contributed by atoms with Gasteiger partial charge in [-0.2, -0.15) is 0 Å². The number of para-hydroxylation sites is 2. The number of aromatic nitrogens is 1. The monoisotopic (exact) mass is 331 g/mol. The van der Waals surface area contributed by atoms with Crippen molar-refractivity contribution in [1.29, 1.82) is 0 Å². The van der Waals surface area contributed by atoms with Gasteiger partial charge in [0.25, 0.3) is 0 Å². The molecule has 0 spiro atoms. The number of hydrogen-bond acceptors (Lipinski definition) is 0. The van der Waals surface area contributed by atoms with Crippen LogP contribution in [0.1, 0.15) is 5.56 Å². The molecule has 0 aliphatic rings. The van der Waals surface area contributed by atoms with Crippen molar-refractivity contribution in [2.75, 3.05) is 0 Å². The molecule has 0 aliphatic carbocycles. The zero-order valence-corrected chi connectivity index (χ0v) is 14.5. The van der Waals surface area contributed by atoms with Gasteiger partial charge in [0.05, 0.1) is 16.6 Å². The third kappa shape index (κ3) is 1.70. The fraction of sp³-hybridized carbons (Fsp3) is 0.0400. The first kappa shape index (κ1) is 13.9. The molecule has 0 atom stereocenters. The van der Waals surface area contributed by atoms with Gasteiger partial charge in [-0.25, -0.2) is 0 Å². The maximum absolute atomic E-state index is 2.43. The molecule has 6 rings (SSSR count). The van der Waals surface area contributed by atoms with E-state index in [-0.39, 0.29) is 0 Å². The van der Waals surface area contributed by atoms with Gasteiger partial charge < -0.3 is 4.40 Å². The van der Waals surface area contributed by atoms with Crippen molar-refractivity contribution in [3.05, 3.63) is 90.5 Å². The fourth-order valence-corrected chi connectivity index (χ4v) is 4.44. The van der Waals surface area contributed by atoms with E-state index in [1.54, 1.807) is 0 Å². The summed E-state index contributed by atoms with van der Waals surface area (Å²) in [4.78, 5) is 0. The van der Waals surface area contributed by atoms with E-state index in [0.717, 1.165) is 0 Å². The Kier molecular flexibility index (Phi) is 2.60. The maximum atomic E-state index is 2.43. The van der Waals surface area contributed by atoms with Gasteiger partial charge in [0.2, 0.25) is 0 Å². The highest BCUT2D eigenvalue weighted by Crippen LogP contribution is 2.41. The van der Waals surface area contributed by atoms with Crippen LogP contribution < -0.4 is 0 Å². The molecule has 0 saturated carbocycles. The summed E-state index contributed by atoms with van der Waals surface area (Å²) < 4.78 is 2.43. The summed E-state index contributed by atoms with van der Waals surface area (Å²) in [7, 11) is 0. The second kappa shape index (κ2) is 4.86. The first-order valence-electron chi connectivity index (χ1n) is 9.05. The van der Waals surface area contributed by atoms with Crippen LogP contribution in [0.15, 0.2) is 84.9 Å². The normalized spacial score (nSPS) is 12.0. The fourth-order valence-electron chi connectivity index (χ4n) is 4.44. The van der Waals surface area contributed by atoms with Crippen LogP contribution in [0, 0.1) is 6.92 Å². The highest BCUT2D eigenvalue weighted by Gasteiger charge is 2.18. The van der Waals surface area contributed by atoms with Crippen LogP contribution in [0.3, 0.4) is 0 Å². The Balaban J connectivity index is 1.89. The van der Waals surface area contributed by atoms with Crippen LogP contribution in [0.2, 0.25) is 0 Å². The van der Waals surface area contributed by atoms with Gasteiger partial charge in [0, 0.05) is 21.5 Å². The number of benzene rings is 4. The molecule has 26 heavy (non-hydrogen) atoms. The molecule has 0 amide bonds. The standard InChI is InChI=1S/C25H17N/c1-16-7-6-8-17(13-16)18-14-21-19-9-2-4-11-23(19)26-24-12-5-3-10-20(24)22(15-18)25(21)26/h2-15H,1H3. The minimum absolute atomic E-state index is 1.28. The molecule has 0 radical (unpaired) electrons. The Morgan fingerprint density at radius 3 is 1.77 bits per heavy atom. The summed E-state index contributed by atoms with van der Waals surface area (Å²) in [5.74, 6) is 0. The van der Waals surface area contributed by atoms with E-state index >= 15 is 0 Å². The smallest absolute Gasteiger partial charge is 0.0620 e. The lowest BCUT2D eigenvalue weighted by atomic mass is 9.98. The van der Waals surface area contributed by atoms with Crippen molar-refractivity contribution in [2.45, 2.75) is 6.92 Å². The molecule has 4 aromatic carbocycles. The van der Waals surface area contributed by atoms with Crippen LogP contribution in [0.5, 0.6) is 0 Å². The Morgan fingerprint density at radius 2 is 1.15 bits per heavy atom. The van der Waals surface area contributed by atoms with Gasteiger partial charge in [-0.15, -0.1) is 0 Å². The number of aryl methyl sites for hydroxylation is 1. The summed E-state index contributed by atoms with van der Waals surface area (Å²) >= 11 is 0. The molecule has 0 N–H and O–H groups in total. The Morgan fingerprint density at radius 1 is 0.538 bits per heavy atom. The van der Waals surface area contributed by atoms with Gasteiger partial charge in [-0.3, -0.25) is 0 Å². The van der Waals surface area contributed by atoms with E-state index in [0.29, 0.717) is 0 Å². The highest BCUT2D eigenvalue weighted by molar-refractivity contribution is 6.24. The Bertz CT molecular complexity index is 1350. The summed E-state index contributed by atoms with van der Waals surface area (Å²) in [5, 5.41) is 5.33. The van der Waals surface area contributed by atoms with Gasteiger partial charge in [0.15, 0.2) is 0 Å². The molecule has 122 valence electrons. The summed E-state index contributed by atoms with van der Waals surface area (Å²) in [5.41, 5.74) is 7.77. The lowest BCUT2D eigenvalue weighted by molar-refractivity contribution is 1.37. The van der Waals surface area contributed by atoms with Crippen LogP contribution in [0.25, 0.3) is 49.2 Å². The van der Waals surface area contributed by atoms with E-state index in [9.17, 15) is 0 Å². The first-order chi connectivity index (χ1) is 12.8. The average Bonchev–Trinajstić information content (AvgIpc) is 3.19. The quantitative estimate of drug-likeness (QED) is 0.312. The summed E-state index contributed by atoms with van der Waals surface area (Å²) in [6.07, 6.45) is 0. The second-order valence-electron chi connectivity index (χ2n) is 7.16. The first-order valence-corrected chi connectivity index (χ1v) is 9.05. The summed E-state index contributed by atoms with van der Waals surface area (Å²) in [6, 6.07) is 31.0. The predicted octanol–water partition coefficient (Wildman–Crippen LogP) is 6.81. The maximum Gasteiger partial charge on any atom is 0.0620 e. The third-order valence-electron chi connectivity index (χ3n) is 5.56. The van der Waals surface area contributed by atoms with Crippen LogP contribution >= 0.6 is 0 Å².